The second-order valence-electron chi connectivity index (χ2n) is 5.53. The quantitative estimate of drug-likeness (QED) is 0.800. The van der Waals surface area contributed by atoms with Crippen molar-refractivity contribution in [2.75, 3.05) is 18.0 Å². The highest BCUT2D eigenvalue weighted by molar-refractivity contribution is 5.47. The van der Waals surface area contributed by atoms with Gasteiger partial charge in [0.05, 0.1) is 0 Å². The number of benzene rings is 1. The number of para-hydroxylation sites is 1. The van der Waals surface area contributed by atoms with Crippen molar-refractivity contribution in [3.63, 3.8) is 0 Å². The van der Waals surface area contributed by atoms with E-state index in [1.807, 2.05) is 0 Å². The lowest BCUT2D eigenvalue weighted by Crippen LogP contribution is -2.45. The Hall–Kier alpha value is -1.02. The first kappa shape index (κ1) is 15.0. The number of hydrogen-bond donors (Lipinski definition) is 1. The van der Waals surface area contributed by atoms with E-state index in [9.17, 15) is 0 Å². The van der Waals surface area contributed by atoms with Gasteiger partial charge < -0.3 is 10.6 Å². The average molecular weight is 248 g/mol. The second-order valence-corrected chi connectivity index (χ2v) is 5.53. The summed E-state index contributed by atoms with van der Waals surface area (Å²) in [7, 11) is 0. The van der Waals surface area contributed by atoms with Crippen LogP contribution in [0.5, 0.6) is 0 Å². The monoisotopic (exact) mass is 248 g/mol. The van der Waals surface area contributed by atoms with Gasteiger partial charge in [0.1, 0.15) is 0 Å². The number of rotatable bonds is 7. The van der Waals surface area contributed by atoms with Crippen LogP contribution in [0, 0.1) is 11.8 Å². The molecule has 0 aliphatic carbocycles. The Balaban J connectivity index is 2.84. The molecule has 1 rings (SSSR count). The van der Waals surface area contributed by atoms with Gasteiger partial charge in [-0.15, -0.1) is 0 Å². The molecule has 2 N–H and O–H groups in total. The first-order valence-electron chi connectivity index (χ1n) is 7.11. The lowest BCUT2D eigenvalue weighted by molar-refractivity contribution is 0.361. The summed E-state index contributed by atoms with van der Waals surface area (Å²) >= 11 is 0. The van der Waals surface area contributed by atoms with Crippen molar-refractivity contribution in [2.45, 2.75) is 40.2 Å². The van der Waals surface area contributed by atoms with Crippen molar-refractivity contribution >= 4 is 5.69 Å². The van der Waals surface area contributed by atoms with Gasteiger partial charge in [0.25, 0.3) is 0 Å². The van der Waals surface area contributed by atoms with Crippen LogP contribution in [0.2, 0.25) is 0 Å². The molecule has 0 amide bonds. The lowest BCUT2D eigenvalue weighted by Gasteiger charge is -2.36. The zero-order chi connectivity index (χ0) is 13.5. The van der Waals surface area contributed by atoms with Gasteiger partial charge in [-0.3, -0.25) is 0 Å². The minimum Gasteiger partial charge on any atom is -0.367 e. The van der Waals surface area contributed by atoms with Crippen molar-refractivity contribution in [2.24, 2.45) is 17.6 Å². The van der Waals surface area contributed by atoms with Crippen molar-refractivity contribution in [1.82, 2.24) is 0 Å². The van der Waals surface area contributed by atoms with Crippen LogP contribution in [0.25, 0.3) is 0 Å². The Morgan fingerprint density at radius 1 is 1.11 bits per heavy atom. The smallest absolute Gasteiger partial charge is 0.0437 e. The largest absolute Gasteiger partial charge is 0.367 e. The molecule has 1 aromatic rings. The fourth-order valence-corrected chi connectivity index (χ4v) is 2.80. The van der Waals surface area contributed by atoms with Gasteiger partial charge >= 0.3 is 0 Å². The summed E-state index contributed by atoms with van der Waals surface area (Å²) in [5.41, 5.74) is 7.30. The molecule has 0 saturated carbocycles. The van der Waals surface area contributed by atoms with Crippen LogP contribution < -0.4 is 10.6 Å². The third-order valence-corrected chi connectivity index (χ3v) is 3.57. The van der Waals surface area contributed by atoms with Crippen molar-refractivity contribution in [3.05, 3.63) is 30.3 Å². The fourth-order valence-electron chi connectivity index (χ4n) is 2.80. The molecule has 0 spiro atoms. The van der Waals surface area contributed by atoms with E-state index in [1.165, 1.54) is 12.1 Å². The summed E-state index contributed by atoms with van der Waals surface area (Å²) < 4.78 is 0. The lowest BCUT2D eigenvalue weighted by atomic mass is 9.90. The second kappa shape index (κ2) is 7.42. The third-order valence-electron chi connectivity index (χ3n) is 3.57. The molecule has 0 bridgehead atoms. The van der Waals surface area contributed by atoms with E-state index < -0.39 is 0 Å². The van der Waals surface area contributed by atoms with Crippen molar-refractivity contribution in [3.8, 4) is 0 Å². The molecule has 2 heteroatoms. The molecule has 2 nitrogen and oxygen atoms in total. The number of hydrogen-bond acceptors (Lipinski definition) is 2. The molecule has 0 aromatic heterocycles. The molecule has 0 fully saturated rings. The van der Waals surface area contributed by atoms with Crippen LogP contribution in [-0.4, -0.2) is 19.1 Å². The van der Waals surface area contributed by atoms with Crippen LogP contribution in [0.3, 0.4) is 0 Å². The highest BCUT2D eigenvalue weighted by Gasteiger charge is 2.23. The first-order valence-corrected chi connectivity index (χ1v) is 7.11. The Bertz CT molecular complexity index is 321. The van der Waals surface area contributed by atoms with E-state index in [2.05, 4.69) is 62.9 Å². The topological polar surface area (TPSA) is 29.3 Å². The zero-order valence-corrected chi connectivity index (χ0v) is 12.3. The molecule has 0 saturated heterocycles. The minimum absolute atomic E-state index is 0.430. The number of nitrogens with two attached hydrogens (primary N) is 1. The molecule has 1 aromatic carbocycles. The van der Waals surface area contributed by atoms with Gasteiger partial charge in [0.2, 0.25) is 0 Å². The van der Waals surface area contributed by atoms with Crippen LogP contribution >= 0.6 is 0 Å². The average Bonchev–Trinajstić information content (AvgIpc) is 2.35. The molecular formula is C16H28N2. The third kappa shape index (κ3) is 4.02. The van der Waals surface area contributed by atoms with E-state index in [0.29, 0.717) is 12.0 Å². The summed E-state index contributed by atoms with van der Waals surface area (Å²) in [6, 6.07) is 11.0. The zero-order valence-electron chi connectivity index (χ0n) is 12.3. The number of anilines is 1. The normalized spacial score (nSPS) is 14.6. The maximum Gasteiger partial charge on any atom is 0.0437 e. The first-order chi connectivity index (χ1) is 8.60. The van der Waals surface area contributed by atoms with E-state index in [4.69, 9.17) is 5.73 Å². The van der Waals surface area contributed by atoms with Gasteiger partial charge in [-0.05, 0) is 37.3 Å². The Kier molecular flexibility index (Phi) is 6.20. The SMILES string of the molecule is CCN(c1ccccc1)C(CN)C(C)CC(C)C. The van der Waals surface area contributed by atoms with Gasteiger partial charge in [-0.2, -0.15) is 0 Å². The van der Waals surface area contributed by atoms with Crippen LogP contribution in [0.4, 0.5) is 5.69 Å². The van der Waals surface area contributed by atoms with E-state index in [0.717, 1.165) is 19.0 Å². The molecule has 18 heavy (non-hydrogen) atoms. The highest BCUT2D eigenvalue weighted by atomic mass is 15.2. The van der Waals surface area contributed by atoms with Gasteiger partial charge in [-0.1, -0.05) is 39.0 Å². The van der Waals surface area contributed by atoms with E-state index in [1.54, 1.807) is 0 Å². The summed E-state index contributed by atoms with van der Waals surface area (Å²) in [6.45, 7) is 10.8. The van der Waals surface area contributed by atoms with Gasteiger partial charge in [-0.25, -0.2) is 0 Å². The molecule has 0 radical (unpaired) electrons. The summed E-state index contributed by atoms with van der Waals surface area (Å²) in [5, 5.41) is 0. The van der Waals surface area contributed by atoms with Gasteiger partial charge in [0, 0.05) is 24.8 Å². The van der Waals surface area contributed by atoms with Crippen molar-refractivity contribution in [1.29, 1.82) is 0 Å². The molecule has 2 unspecified atom stereocenters. The summed E-state index contributed by atoms with van der Waals surface area (Å²) in [4.78, 5) is 2.44. The van der Waals surface area contributed by atoms with Crippen molar-refractivity contribution < 1.29 is 0 Å². The molecule has 2 atom stereocenters. The number of nitrogens with zero attached hydrogens (tertiary/aromatic N) is 1. The maximum atomic E-state index is 6.02. The fraction of sp³-hybridized carbons (Fsp3) is 0.625. The number of likely N-dealkylation sites (N-methyl/N-ethyl adjacent to an activating group) is 1. The molecule has 102 valence electrons. The maximum absolute atomic E-state index is 6.02. The van der Waals surface area contributed by atoms with Crippen LogP contribution in [0.15, 0.2) is 30.3 Å². The molecule has 0 aliphatic rings. The standard InChI is InChI=1S/C16H28N2/c1-5-18(15-9-7-6-8-10-15)16(12-17)14(4)11-13(2)3/h6-10,13-14,16H,5,11-12,17H2,1-4H3. The Morgan fingerprint density at radius 2 is 1.72 bits per heavy atom. The summed E-state index contributed by atoms with van der Waals surface area (Å²) in [6.07, 6.45) is 1.23. The predicted molar refractivity (Wildman–Crippen MR) is 80.9 cm³/mol. The van der Waals surface area contributed by atoms with E-state index >= 15 is 0 Å². The van der Waals surface area contributed by atoms with E-state index in [-0.39, 0.29) is 0 Å². The Morgan fingerprint density at radius 3 is 2.17 bits per heavy atom. The predicted octanol–water partition coefficient (Wildman–Crippen LogP) is 3.52. The Labute approximate surface area is 112 Å². The molecule has 0 heterocycles. The van der Waals surface area contributed by atoms with Crippen LogP contribution in [0.1, 0.15) is 34.1 Å². The summed E-state index contributed by atoms with van der Waals surface area (Å²) in [5.74, 6) is 1.35. The minimum atomic E-state index is 0.430. The molecule has 0 aliphatic heterocycles. The van der Waals surface area contributed by atoms with Gasteiger partial charge in [0.15, 0.2) is 0 Å². The molecular weight excluding hydrogens is 220 g/mol. The highest BCUT2D eigenvalue weighted by Crippen LogP contribution is 2.24. The van der Waals surface area contributed by atoms with Crippen LogP contribution in [-0.2, 0) is 0 Å².